The summed E-state index contributed by atoms with van der Waals surface area (Å²) in [7, 11) is 0. The molecular weight excluding hydrogens is 152 g/mol. The van der Waals surface area contributed by atoms with Gasteiger partial charge in [-0.1, -0.05) is 19.3 Å². The van der Waals surface area contributed by atoms with E-state index in [4.69, 9.17) is 4.74 Å². The number of carbonyl (C=O) groups is 1. The van der Waals surface area contributed by atoms with Crippen molar-refractivity contribution in [3.8, 4) is 0 Å². The molecule has 2 nitrogen and oxygen atoms in total. The maximum absolute atomic E-state index is 10.8. The smallest absolute Gasteiger partial charge is 0.151 e. The maximum Gasteiger partial charge on any atom is 0.151 e. The second kappa shape index (κ2) is 4.04. The fourth-order valence-corrected chi connectivity index (χ4v) is 1.74. The topological polar surface area (TPSA) is 26.3 Å². The number of aldehydes is 1. The van der Waals surface area contributed by atoms with Crippen LogP contribution in [0.2, 0.25) is 0 Å². The summed E-state index contributed by atoms with van der Waals surface area (Å²) in [6.45, 7) is 4.45. The molecule has 0 radical (unpaired) electrons. The second-order valence-electron chi connectivity index (χ2n) is 3.86. The molecule has 0 spiro atoms. The van der Waals surface area contributed by atoms with Gasteiger partial charge in [0.05, 0.1) is 0 Å². The van der Waals surface area contributed by atoms with Gasteiger partial charge in [-0.3, -0.25) is 0 Å². The molecule has 1 fully saturated rings. The van der Waals surface area contributed by atoms with Crippen LogP contribution >= 0.6 is 0 Å². The molecule has 1 atom stereocenters. The first kappa shape index (κ1) is 9.72. The first-order chi connectivity index (χ1) is 5.70. The van der Waals surface area contributed by atoms with E-state index in [-0.39, 0.29) is 0 Å². The van der Waals surface area contributed by atoms with E-state index in [2.05, 4.69) is 0 Å². The Morgan fingerprint density at radius 1 is 1.58 bits per heavy atom. The van der Waals surface area contributed by atoms with Crippen LogP contribution < -0.4 is 0 Å². The first-order valence-corrected chi connectivity index (χ1v) is 4.80. The zero-order valence-corrected chi connectivity index (χ0v) is 8.01. The number of hydrogen-bond donors (Lipinski definition) is 0. The molecule has 2 heteroatoms. The predicted molar refractivity (Wildman–Crippen MR) is 48.1 cm³/mol. The largest absolute Gasteiger partial charge is 0.368 e. The average molecular weight is 170 g/mol. The zero-order valence-electron chi connectivity index (χ0n) is 8.01. The lowest BCUT2D eigenvalue weighted by Gasteiger charge is -2.33. The molecule has 0 saturated heterocycles. The summed E-state index contributed by atoms with van der Waals surface area (Å²) in [5.74, 6) is 0.728. The van der Waals surface area contributed by atoms with Crippen molar-refractivity contribution in [3.05, 3.63) is 0 Å². The molecule has 1 rings (SSSR count). The number of carbonyl (C=O) groups excluding carboxylic acids is 1. The molecule has 1 aliphatic carbocycles. The van der Waals surface area contributed by atoms with E-state index >= 15 is 0 Å². The summed E-state index contributed by atoms with van der Waals surface area (Å²) in [6.07, 6.45) is 5.73. The van der Waals surface area contributed by atoms with Gasteiger partial charge in [0, 0.05) is 6.61 Å². The molecule has 1 aliphatic rings. The molecular formula is C10H18O2. The zero-order chi connectivity index (χ0) is 9.03. The minimum atomic E-state index is -0.514. The Balaban J connectivity index is 2.35. The van der Waals surface area contributed by atoms with Crippen LogP contribution in [0.4, 0.5) is 0 Å². The lowest BCUT2D eigenvalue weighted by molar-refractivity contribution is -0.131. The molecule has 0 aliphatic heterocycles. The summed E-state index contributed by atoms with van der Waals surface area (Å²) in [5.41, 5.74) is -0.514. The number of hydrogen-bond acceptors (Lipinski definition) is 2. The van der Waals surface area contributed by atoms with Crippen LogP contribution in [0, 0.1) is 5.92 Å². The highest BCUT2D eigenvalue weighted by atomic mass is 16.5. The summed E-state index contributed by atoms with van der Waals surface area (Å²) in [4.78, 5) is 10.8. The number of rotatable bonds is 5. The van der Waals surface area contributed by atoms with Gasteiger partial charge in [0.2, 0.25) is 0 Å². The Morgan fingerprint density at radius 3 is 2.58 bits per heavy atom. The fourth-order valence-electron chi connectivity index (χ4n) is 1.74. The van der Waals surface area contributed by atoms with E-state index in [0.717, 1.165) is 18.6 Å². The van der Waals surface area contributed by atoms with Crippen molar-refractivity contribution in [1.82, 2.24) is 0 Å². The van der Waals surface area contributed by atoms with Gasteiger partial charge >= 0.3 is 0 Å². The molecule has 0 N–H and O–H groups in total. The van der Waals surface area contributed by atoms with Gasteiger partial charge in [-0.25, -0.2) is 0 Å². The lowest BCUT2D eigenvalue weighted by Crippen LogP contribution is -2.35. The van der Waals surface area contributed by atoms with Crippen LogP contribution in [-0.4, -0.2) is 18.5 Å². The van der Waals surface area contributed by atoms with Crippen molar-refractivity contribution in [2.75, 3.05) is 6.61 Å². The van der Waals surface area contributed by atoms with Crippen LogP contribution in [-0.2, 0) is 9.53 Å². The molecule has 0 aromatic rings. The SMILES string of the molecule is CCOC(C)(C=O)CC1CCC1. The van der Waals surface area contributed by atoms with Gasteiger partial charge in [0.25, 0.3) is 0 Å². The van der Waals surface area contributed by atoms with E-state index in [9.17, 15) is 4.79 Å². The average Bonchev–Trinajstić information content (AvgIpc) is 1.98. The summed E-state index contributed by atoms with van der Waals surface area (Å²) in [6, 6.07) is 0. The Hall–Kier alpha value is -0.370. The van der Waals surface area contributed by atoms with Crippen molar-refractivity contribution < 1.29 is 9.53 Å². The molecule has 0 bridgehead atoms. The van der Waals surface area contributed by atoms with Crippen molar-refractivity contribution in [1.29, 1.82) is 0 Å². The second-order valence-corrected chi connectivity index (χ2v) is 3.86. The van der Waals surface area contributed by atoms with E-state index < -0.39 is 5.60 Å². The summed E-state index contributed by atoms with van der Waals surface area (Å²) in [5, 5.41) is 0. The highest BCUT2D eigenvalue weighted by Gasteiger charge is 2.30. The van der Waals surface area contributed by atoms with Gasteiger partial charge in [-0.2, -0.15) is 0 Å². The van der Waals surface area contributed by atoms with E-state index in [0.29, 0.717) is 6.61 Å². The summed E-state index contributed by atoms with van der Waals surface area (Å²) < 4.78 is 5.42. The fraction of sp³-hybridized carbons (Fsp3) is 0.900. The van der Waals surface area contributed by atoms with Gasteiger partial charge in [0.1, 0.15) is 5.60 Å². The summed E-state index contributed by atoms with van der Waals surface area (Å²) >= 11 is 0. The van der Waals surface area contributed by atoms with Crippen LogP contribution in [0.5, 0.6) is 0 Å². The first-order valence-electron chi connectivity index (χ1n) is 4.80. The molecule has 0 heterocycles. The number of ether oxygens (including phenoxy) is 1. The minimum absolute atomic E-state index is 0.514. The van der Waals surface area contributed by atoms with Crippen molar-refractivity contribution in [2.24, 2.45) is 5.92 Å². The highest BCUT2D eigenvalue weighted by molar-refractivity contribution is 5.61. The Morgan fingerprint density at radius 2 is 2.25 bits per heavy atom. The van der Waals surface area contributed by atoms with Crippen LogP contribution in [0.15, 0.2) is 0 Å². The van der Waals surface area contributed by atoms with Gasteiger partial charge in [-0.05, 0) is 26.2 Å². The molecule has 1 unspecified atom stereocenters. The normalized spacial score (nSPS) is 22.8. The molecule has 0 aromatic heterocycles. The van der Waals surface area contributed by atoms with Crippen LogP contribution in [0.25, 0.3) is 0 Å². The maximum atomic E-state index is 10.8. The quantitative estimate of drug-likeness (QED) is 0.591. The van der Waals surface area contributed by atoms with Gasteiger partial charge in [0.15, 0.2) is 6.29 Å². The molecule has 12 heavy (non-hydrogen) atoms. The molecule has 1 saturated carbocycles. The van der Waals surface area contributed by atoms with Gasteiger partial charge in [-0.15, -0.1) is 0 Å². The lowest BCUT2D eigenvalue weighted by atomic mass is 9.78. The highest BCUT2D eigenvalue weighted by Crippen LogP contribution is 2.34. The van der Waals surface area contributed by atoms with Crippen LogP contribution in [0.1, 0.15) is 39.5 Å². The van der Waals surface area contributed by atoms with E-state index in [1.54, 1.807) is 0 Å². The van der Waals surface area contributed by atoms with E-state index in [1.807, 2.05) is 13.8 Å². The standard InChI is InChI=1S/C10H18O2/c1-3-12-10(2,8-11)7-9-5-4-6-9/h8-9H,3-7H2,1-2H3. The molecule has 0 amide bonds. The van der Waals surface area contributed by atoms with Crippen molar-refractivity contribution >= 4 is 6.29 Å². The molecule has 0 aromatic carbocycles. The minimum Gasteiger partial charge on any atom is -0.368 e. The Bertz CT molecular complexity index is 152. The predicted octanol–water partition coefficient (Wildman–Crippen LogP) is 2.17. The van der Waals surface area contributed by atoms with Gasteiger partial charge < -0.3 is 9.53 Å². The van der Waals surface area contributed by atoms with Crippen molar-refractivity contribution in [2.45, 2.75) is 45.1 Å². The Labute approximate surface area is 74.3 Å². The Kier molecular flexibility index (Phi) is 3.27. The third-order valence-electron chi connectivity index (χ3n) is 2.64. The monoisotopic (exact) mass is 170 g/mol. The third kappa shape index (κ3) is 2.31. The molecule has 70 valence electrons. The van der Waals surface area contributed by atoms with Crippen LogP contribution in [0.3, 0.4) is 0 Å². The third-order valence-corrected chi connectivity index (χ3v) is 2.64. The van der Waals surface area contributed by atoms with E-state index in [1.165, 1.54) is 19.3 Å². The van der Waals surface area contributed by atoms with Crippen molar-refractivity contribution in [3.63, 3.8) is 0 Å².